The van der Waals surface area contributed by atoms with E-state index in [1.165, 1.54) is 0 Å². The Bertz CT molecular complexity index is 1630. The normalized spacial score (nSPS) is 11.5. The van der Waals surface area contributed by atoms with Crippen LogP contribution in [0.3, 0.4) is 0 Å². The maximum atomic E-state index is 13.4. The first-order chi connectivity index (χ1) is 18.7. The molecule has 0 saturated carbocycles. The summed E-state index contributed by atoms with van der Waals surface area (Å²) in [5.41, 5.74) is 2.76. The quantitative estimate of drug-likeness (QED) is 0.199. The van der Waals surface area contributed by atoms with Gasteiger partial charge in [-0.1, -0.05) is 62.7 Å². The number of Topliss-reactive ketones (excluding diaryl/α,β-unsaturated/α-hetero) is 1. The van der Waals surface area contributed by atoms with Crippen LogP contribution in [0.4, 0.5) is 5.82 Å². The third-order valence-electron chi connectivity index (χ3n) is 6.48. The van der Waals surface area contributed by atoms with E-state index >= 15 is 0 Å². The second-order valence-electron chi connectivity index (χ2n) is 10.5. The van der Waals surface area contributed by atoms with Crippen LogP contribution in [0.2, 0.25) is 0 Å². The fourth-order valence-electron chi connectivity index (χ4n) is 4.30. The van der Waals surface area contributed by atoms with E-state index < -0.39 is 11.7 Å². The standard InChI is InChI=1S/C31H31N5O3/c1-20-9-11-21(12-10-20)36-28(19-26(35-36)31(2,3)4)34-30(38)29(37)24-13-14-25(23-8-6-5-7-22(23)24)39-18-15-27-32-16-17-33-27/h5-14,16-17,19H,15,18H2,1-4H3,(H,32,33)(H,34,38). The number of nitrogens with one attached hydrogen (secondary N) is 2. The molecule has 0 saturated heterocycles. The number of imidazole rings is 1. The van der Waals surface area contributed by atoms with Crippen LogP contribution in [0.5, 0.6) is 5.75 Å². The minimum Gasteiger partial charge on any atom is -0.492 e. The number of carbonyl (C=O) groups is 2. The van der Waals surface area contributed by atoms with Gasteiger partial charge in [0.15, 0.2) is 0 Å². The van der Waals surface area contributed by atoms with Gasteiger partial charge in [0, 0.05) is 41.2 Å². The Kier molecular flexibility index (Phi) is 7.02. The average Bonchev–Trinajstić information content (AvgIpc) is 3.59. The highest BCUT2D eigenvalue weighted by Gasteiger charge is 2.25. The molecule has 5 rings (SSSR count). The van der Waals surface area contributed by atoms with Crippen molar-refractivity contribution in [3.05, 3.63) is 102 Å². The predicted molar refractivity (Wildman–Crippen MR) is 152 cm³/mol. The fourth-order valence-corrected chi connectivity index (χ4v) is 4.30. The van der Waals surface area contributed by atoms with Gasteiger partial charge in [0.05, 0.1) is 18.0 Å². The van der Waals surface area contributed by atoms with Crippen LogP contribution >= 0.6 is 0 Å². The fraction of sp³-hybridized carbons (Fsp3) is 0.226. The van der Waals surface area contributed by atoms with Crippen molar-refractivity contribution in [2.24, 2.45) is 0 Å². The highest BCUT2D eigenvalue weighted by Crippen LogP contribution is 2.30. The zero-order valence-corrected chi connectivity index (χ0v) is 22.5. The molecule has 8 heteroatoms. The number of amides is 1. The number of aromatic nitrogens is 4. The van der Waals surface area contributed by atoms with Crippen molar-refractivity contribution in [3.8, 4) is 11.4 Å². The van der Waals surface area contributed by atoms with Gasteiger partial charge in [0.25, 0.3) is 11.7 Å². The molecule has 1 amide bonds. The molecule has 5 aromatic rings. The maximum Gasteiger partial charge on any atom is 0.297 e. The number of aromatic amines is 1. The van der Waals surface area contributed by atoms with E-state index in [0.29, 0.717) is 35.5 Å². The number of rotatable bonds is 8. The molecular formula is C31H31N5O3. The van der Waals surface area contributed by atoms with Gasteiger partial charge in [0.1, 0.15) is 17.4 Å². The van der Waals surface area contributed by atoms with Crippen molar-refractivity contribution in [2.45, 2.75) is 39.5 Å². The number of anilines is 1. The van der Waals surface area contributed by atoms with E-state index in [2.05, 4.69) is 36.1 Å². The minimum atomic E-state index is -0.736. The van der Waals surface area contributed by atoms with E-state index in [9.17, 15) is 9.59 Å². The molecular weight excluding hydrogens is 490 g/mol. The van der Waals surface area contributed by atoms with E-state index in [1.54, 1.807) is 29.2 Å². The predicted octanol–water partition coefficient (Wildman–Crippen LogP) is 5.80. The molecule has 0 atom stereocenters. The summed E-state index contributed by atoms with van der Waals surface area (Å²) in [5, 5.41) is 8.96. The first kappa shape index (κ1) is 25.9. The molecule has 198 valence electrons. The van der Waals surface area contributed by atoms with Crippen molar-refractivity contribution in [2.75, 3.05) is 11.9 Å². The number of H-pyrrole nitrogens is 1. The number of hydrogen-bond acceptors (Lipinski definition) is 5. The van der Waals surface area contributed by atoms with E-state index in [0.717, 1.165) is 28.2 Å². The Labute approximate surface area is 227 Å². The van der Waals surface area contributed by atoms with Crippen LogP contribution < -0.4 is 10.1 Å². The summed E-state index contributed by atoms with van der Waals surface area (Å²) in [4.78, 5) is 34.0. The van der Waals surface area contributed by atoms with Crippen LogP contribution in [-0.4, -0.2) is 38.0 Å². The molecule has 0 spiro atoms. The summed E-state index contributed by atoms with van der Waals surface area (Å²) in [7, 11) is 0. The molecule has 2 aromatic heterocycles. The lowest BCUT2D eigenvalue weighted by Crippen LogP contribution is -2.24. The molecule has 8 nitrogen and oxygen atoms in total. The van der Waals surface area contributed by atoms with Crippen molar-refractivity contribution >= 4 is 28.3 Å². The average molecular weight is 522 g/mol. The molecule has 0 aliphatic carbocycles. The summed E-state index contributed by atoms with van der Waals surface area (Å²) in [6.07, 6.45) is 4.09. The molecule has 39 heavy (non-hydrogen) atoms. The second kappa shape index (κ2) is 10.6. The molecule has 0 fully saturated rings. The smallest absolute Gasteiger partial charge is 0.297 e. The van der Waals surface area contributed by atoms with Crippen LogP contribution in [0.1, 0.15) is 48.2 Å². The number of carbonyl (C=O) groups excluding carboxylic acids is 2. The molecule has 0 unspecified atom stereocenters. The second-order valence-corrected chi connectivity index (χ2v) is 10.5. The third-order valence-corrected chi connectivity index (χ3v) is 6.48. The zero-order valence-electron chi connectivity index (χ0n) is 22.5. The van der Waals surface area contributed by atoms with Crippen LogP contribution in [0.15, 0.2) is 79.1 Å². The highest BCUT2D eigenvalue weighted by molar-refractivity contribution is 6.48. The largest absolute Gasteiger partial charge is 0.492 e. The first-order valence-electron chi connectivity index (χ1n) is 12.9. The maximum absolute atomic E-state index is 13.4. The minimum absolute atomic E-state index is 0.248. The van der Waals surface area contributed by atoms with Crippen LogP contribution in [0, 0.1) is 6.92 Å². The summed E-state index contributed by atoms with van der Waals surface area (Å²) in [5.74, 6) is 0.538. The number of ketones is 1. The number of nitrogens with zero attached hydrogens (tertiary/aromatic N) is 3. The Morgan fingerprint density at radius 3 is 2.44 bits per heavy atom. The van der Waals surface area contributed by atoms with Gasteiger partial charge in [-0.3, -0.25) is 9.59 Å². The van der Waals surface area contributed by atoms with Crippen molar-refractivity contribution in [1.29, 1.82) is 0 Å². The first-order valence-corrected chi connectivity index (χ1v) is 12.9. The van der Waals surface area contributed by atoms with Gasteiger partial charge in [-0.05, 0) is 36.6 Å². The Morgan fingerprint density at radius 1 is 1.00 bits per heavy atom. The molecule has 0 bridgehead atoms. The Balaban J connectivity index is 1.41. The lowest BCUT2D eigenvalue weighted by atomic mass is 9.92. The molecule has 0 aliphatic heterocycles. The summed E-state index contributed by atoms with van der Waals surface area (Å²) >= 11 is 0. The number of hydrogen-bond donors (Lipinski definition) is 2. The number of aryl methyl sites for hydroxylation is 1. The molecule has 2 N–H and O–H groups in total. The topological polar surface area (TPSA) is 102 Å². The number of ether oxygens (including phenoxy) is 1. The summed E-state index contributed by atoms with van der Waals surface area (Å²) in [6, 6.07) is 20.5. The monoisotopic (exact) mass is 521 g/mol. The van der Waals surface area contributed by atoms with Crippen molar-refractivity contribution < 1.29 is 14.3 Å². The van der Waals surface area contributed by atoms with Gasteiger partial charge in [-0.25, -0.2) is 9.67 Å². The summed E-state index contributed by atoms with van der Waals surface area (Å²) in [6.45, 7) is 8.58. The number of fused-ring (bicyclic) bond motifs is 1. The lowest BCUT2D eigenvalue weighted by Gasteiger charge is -2.14. The Hall–Kier alpha value is -4.72. The lowest BCUT2D eigenvalue weighted by molar-refractivity contribution is -0.112. The molecule has 3 aromatic carbocycles. The van der Waals surface area contributed by atoms with Gasteiger partial charge in [-0.2, -0.15) is 5.10 Å². The number of benzene rings is 3. The summed E-state index contributed by atoms with van der Waals surface area (Å²) < 4.78 is 7.67. The van der Waals surface area contributed by atoms with Gasteiger partial charge in [-0.15, -0.1) is 0 Å². The third kappa shape index (κ3) is 5.60. The van der Waals surface area contributed by atoms with Gasteiger partial charge >= 0.3 is 0 Å². The zero-order chi connectivity index (χ0) is 27.6. The van der Waals surface area contributed by atoms with E-state index in [1.807, 2.05) is 61.5 Å². The Morgan fingerprint density at radius 2 is 1.74 bits per heavy atom. The van der Waals surface area contributed by atoms with Crippen LogP contribution in [0.25, 0.3) is 16.5 Å². The van der Waals surface area contributed by atoms with Crippen LogP contribution in [-0.2, 0) is 16.6 Å². The van der Waals surface area contributed by atoms with Gasteiger partial charge < -0.3 is 15.0 Å². The highest BCUT2D eigenvalue weighted by atomic mass is 16.5. The molecule has 0 aliphatic rings. The SMILES string of the molecule is Cc1ccc(-n2nc(C(C)(C)C)cc2NC(=O)C(=O)c2ccc(OCCc3ncc[nH]3)c3ccccc23)cc1. The van der Waals surface area contributed by atoms with E-state index in [4.69, 9.17) is 9.84 Å². The molecule has 0 radical (unpaired) electrons. The van der Waals surface area contributed by atoms with Crippen molar-refractivity contribution in [1.82, 2.24) is 19.7 Å². The van der Waals surface area contributed by atoms with E-state index in [-0.39, 0.29) is 5.41 Å². The molecule has 2 heterocycles. The van der Waals surface area contributed by atoms with Crippen molar-refractivity contribution in [3.63, 3.8) is 0 Å². The van der Waals surface area contributed by atoms with Gasteiger partial charge in [0.2, 0.25) is 0 Å².